The molecule has 0 saturated carbocycles. The predicted molar refractivity (Wildman–Crippen MR) is 87.9 cm³/mol. The van der Waals surface area contributed by atoms with E-state index in [1.54, 1.807) is 12.3 Å². The second kappa shape index (κ2) is 6.28. The third kappa shape index (κ3) is 3.11. The van der Waals surface area contributed by atoms with Crippen molar-refractivity contribution in [1.29, 1.82) is 0 Å². The molecule has 22 heavy (non-hydrogen) atoms. The molecule has 1 atom stereocenters. The number of fused-ring (bicyclic) bond motifs is 1. The average molecular weight is 386 g/mol. The van der Waals surface area contributed by atoms with E-state index in [1.165, 1.54) is 6.26 Å². The van der Waals surface area contributed by atoms with Crippen LogP contribution < -0.4 is 11.1 Å². The lowest BCUT2D eigenvalue weighted by molar-refractivity contribution is 0.503. The Hall–Kier alpha value is -1.57. The smallest absolute Gasteiger partial charge is 0.213 e. The third-order valence-electron chi connectivity index (χ3n) is 3.04. The zero-order chi connectivity index (χ0) is 15.7. The number of pyridine rings is 1. The van der Waals surface area contributed by atoms with E-state index in [2.05, 4.69) is 31.2 Å². The monoisotopic (exact) mass is 384 g/mol. The van der Waals surface area contributed by atoms with Crippen LogP contribution in [0.2, 0.25) is 5.15 Å². The second-order valence-electron chi connectivity index (χ2n) is 4.97. The average Bonchev–Trinajstić information content (AvgIpc) is 3.07. The van der Waals surface area contributed by atoms with Crippen LogP contribution in [0.15, 0.2) is 31.8 Å². The summed E-state index contributed by atoms with van der Waals surface area (Å²) in [5, 5.41) is 3.57. The van der Waals surface area contributed by atoms with Gasteiger partial charge in [0.15, 0.2) is 5.58 Å². The van der Waals surface area contributed by atoms with E-state index in [9.17, 15) is 0 Å². The maximum absolute atomic E-state index is 6.09. The summed E-state index contributed by atoms with van der Waals surface area (Å²) in [4.78, 5) is 8.38. The van der Waals surface area contributed by atoms with Crippen LogP contribution in [0.4, 0.5) is 5.69 Å². The number of oxazole rings is 1. The van der Waals surface area contributed by atoms with Gasteiger partial charge in [0.1, 0.15) is 22.7 Å². The number of halogens is 2. The van der Waals surface area contributed by atoms with Gasteiger partial charge in [-0.2, -0.15) is 0 Å². The van der Waals surface area contributed by atoms with Crippen molar-refractivity contribution in [3.63, 3.8) is 0 Å². The van der Waals surface area contributed by atoms with Gasteiger partial charge in [-0.05, 0) is 22.9 Å². The topological polar surface area (TPSA) is 90.1 Å². The van der Waals surface area contributed by atoms with Crippen LogP contribution in [-0.4, -0.2) is 16.0 Å². The lowest BCUT2D eigenvalue weighted by Crippen LogP contribution is -2.17. The van der Waals surface area contributed by atoms with Crippen molar-refractivity contribution in [2.45, 2.75) is 25.9 Å². The fourth-order valence-corrected chi connectivity index (χ4v) is 2.83. The molecule has 0 aliphatic carbocycles. The number of rotatable bonds is 5. The molecule has 6 nitrogen and oxygen atoms in total. The summed E-state index contributed by atoms with van der Waals surface area (Å²) in [5.74, 6) is 1.32. The van der Waals surface area contributed by atoms with Crippen LogP contribution >= 0.6 is 27.5 Å². The van der Waals surface area contributed by atoms with E-state index >= 15 is 0 Å². The van der Waals surface area contributed by atoms with Crippen molar-refractivity contribution in [2.24, 2.45) is 5.73 Å². The molecule has 0 fully saturated rings. The second-order valence-corrected chi connectivity index (χ2v) is 6.15. The highest BCUT2D eigenvalue weighted by Crippen LogP contribution is 2.36. The number of furan rings is 1. The van der Waals surface area contributed by atoms with E-state index in [4.69, 9.17) is 26.2 Å². The molecule has 8 heteroatoms. The standard InChI is InChI=1S/C14H14BrClN4O2/c1-7(17)4-9-12(15)13-14(22-9)8(5-10(16)20-13)19-6-11-18-2-3-21-11/h2-3,5,7H,4,6,17H2,1H3,(H,19,20). The minimum atomic E-state index is -0.0175. The van der Waals surface area contributed by atoms with E-state index in [0.717, 1.165) is 15.9 Å². The first-order valence-corrected chi connectivity index (χ1v) is 7.87. The van der Waals surface area contributed by atoms with Crippen molar-refractivity contribution >= 4 is 44.3 Å². The molecule has 0 aromatic carbocycles. The molecular weight excluding hydrogens is 372 g/mol. The van der Waals surface area contributed by atoms with Gasteiger partial charge in [0.2, 0.25) is 5.89 Å². The Bertz CT molecular complexity index is 786. The number of hydrogen-bond donors (Lipinski definition) is 2. The summed E-state index contributed by atoms with van der Waals surface area (Å²) in [5.41, 5.74) is 7.86. The molecule has 3 aromatic heterocycles. The van der Waals surface area contributed by atoms with E-state index in [-0.39, 0.29) is 6.04 Å². The molecule has 116 valence electrons. The van der Waals surface area contributed by atoms with Crippen molar-refractivity contribution < 1.29 is 8.83 Å². The maximum atomic E-state index is 6.09. The molecule has 1 unspecified atom stereocenters. The van der Waals surface area contributed by atoms with Crippen LogP contribution in [0.3, 0.4) is 0 Å². The Morgan fingerprint density at radius 1 is 1.50 bits per heavy atom. The Kier molecular flexibility index (Phi) is 4.37. The van der Waals surface area contributed by atoms with Gasteiger partial charge in [0.05, 0.1) is 22.9 Å². The van der Waals surface area contributed by atoms with Crippen LogP contribution in [-0.2, 0) is 13.0 Å². The van der Waals surface area contributed by atoms with Gasteiger partial charge in [0.25, 0.3) is 0 Å². The summed E-state index contributed by atoms with van der Waals surface area (Å²) in [6.07, 6.45) is 3.72. The van der Waals surface area contributed by atoms with Crippen molar-refractivity contribution in [3.8, 4) is 0 Å². The van der Waals surface area contributed by atoms with E-state index < -0.39 is 0 Å². The van der Waals surface area contributed by atoms with Crippen molar-refractivity contribution in [1.82, 2.24) is 9.97 Å². The first-order chi connectivity index (χ1) is 10.5. The maximum Gasteiger partial charge on any atom is 0.213 e. The van der Waals surface area contributed by atoms with E-state index in [1.807, 2.05) is 6.92 Å². The lowest BCUT2D eigenvalue weighted by Gasteiger charge is -2.05. The Labute approximate surface area is 140 Å². The molecule has 3 aromatic rings. The highest BCUT2D eigenvalue weighted by atomic mass is 79.9. The minimum absolute atomic E-state index is 0.0175. The largest absolute Gasteiger partial charge is 0.456 e. The summed E-state index contributed by atoms with van der Waals surface area (Å²) >= 11 is 9.60. The predicted octanol–water partition coefficient (Wildman–Crippen LogP) is 3.73. The zero-order valence-electron chi connectivity index (χ0n) is 11.8. The molecule has 3 heterocycles. The van der Waals surface area contributed by atoms with Gasteiger partial charge in [-0.1, -0.05) is 11.6 Å². The molecule has 0 aliphatic heterocycles. The van der Waals surface area contributed by atoms with Crippen LogP contribution in [0.1, 0.15) is 18.6 Å². The number of anilines is 1. The molecule has 0 spiro atoms. The lowest BCUT2D eigenvalue weighted by atomic mass is 10.2. The molecular formula is C14H14BrClN4O2. The summed E-state index contributed by atoms with van der Waals surface area (Å²) in [7, 11) is 0. The minimum Gasteiger partial charge on any atom is -0.456 e. The fourth-order valence-electron chi connectivity index (χ4n) is 2.12. The first kappa shape index (κ1) is 15.3. The number of hydrogen-bond acceptors (Lipinski definition) is 6. The summed E-state index contributed by atoms with van der Waals surface area (Å²) < 4.78 is 11.9. The van der Waals surface area contributed by atoms with Gasteiger partial charge >= 0.3 is 0 Å². The van der Waals surface area contributed by atoms with Crippen molar-refractivity contribution in [3.05, 3.63) is 39.8 Å². The Morgan fingerprint density at radius 3 is 3.00 bits per heavy atom. The third-order valence-corrected chi connectivity index (χ3v) is 4.05. The van der Waals surface area contributed by atoms with E-state index in [0.29, 0.717) is 35.1 Å². The number of nitrogens with two attached hydrogens (primary N) is 1. The van der Waals surface area contributed by atoms with Gasteiger partial charge in [-0.15, -0.1) is 0 Å². The molecule has 0 amide bonds. The normalized spacial score (nSPS) is 12.7. The van der Waals surface area contributed by atoms with Crippen LogP contribution in [0.5, 0.6) is 0 Å². The quantitative estimate of drug-likeness (QED) is 0.650. The van der Waals surface area contributed by atoms with Gasteiger partial charge in [0, 0.05) is 18.5 Å². The number of aromatic nitrogens is 2. The Balaban J connectivity index is 1.98. The zero-order valence-corrected chi connectivity index (χ0v) is 14.1. The molecule has 0 saturated heterocycles. The van der Waals surface area contributed by atoms with Crippen LogP contribution in [0.25, 0.3) is 11.1 Å². The SMILES string of the molecule is CC(N)Cc1oc2c(NCc3ncco3)cc(Cl)nc2c1Br. The molecule has 3 N–H and O–H groups in total. The fraction of sp³-hybridized carbons (Fsp3) is 0.286. The molecule has 0 bridgehead atoms. The van der Waals surface area contributed by atoms with Crippen LogP contribution in [0, 0.1) is 0 Å². The number of nitrogens with one attached hydrogen (secondary N) is 1. The first-order valence-electron chi connectivity index (χ1n) is 6.70. The number of nitrogens with zero attached hydrogens (tertiary/aromatic N) is 2. The van der Waals surface area contributed by atoms with Gasteiger partial charge in [-0.25, -0.2) is 9.97 Å². The molecule has 0 aliphatic rings. The van der Waals surface area contributed by atoms with Crippen molar-refractivity contribution in [2.75, 3.05) is 5.32 Å². The van der Waals surface area contributed by atoms with Gasteiger partial charge < -0.3 is 19.9 Å². The summed E-state index contributed by atoms with van der Waals surface area (Å²) in [6, 6.07) is 1.69. The summed E-state index contributed by atoms with van der Waals surface area (Å²) in [6.45, 7) is 2.34. The van der Waals surface area contributed by atoms with Gasteiger partial charge in [-0.3, -0.25) is 0 Å². The highest BCUT2D eigenvalue weighted by Gasteiger charge is 2.18. The highest BCUT2D eigenvalue weighted by molar-refractivity contribution is 9.10. The molecule has 3 rings (SSSR count). The Morgan fingerprint density at radius 2 is 2.32 bits per heavy atom. The molecule has 0 radical (unpaired) electrons.